The average molecular weight is 413 g/mol. The number of nitrogens with one attached hydrogen (secondary N) is 2. The van der Waals surface area contributed by atoms with Crippen LogP contribution in [0, 0.1) is 17.3 Å². The lowest BCUT2D eigenvalue weighted by atomic mass is 9.49. The second-order valence-corrected chi connectivity index (χ2v) is 10.4. The molecule has 2 N–H and O–H groups in total. The lowest BCUT2D eigenvalue weighted by molar-refractivity contribution is -0.154. The van der Waals surface area contributed by atoms with Crippen molar-refractivity contribution >= 4 is 33.8 Å². The Labute approximate surface area is 155 Å². The maximum Gasteiger partial charge on any atom is 0.321 e. The molecule has 5 fully saturated rings. The summed E-state index contributed by atoms with van der Waals surface area (Å²) in [5.41, 5.74) is 0.0322. The van der Waals surface area contributed by atoms with Crippen LogP contribution in [0.25, 0.3) is 0 Å². The van der Waals surface area contributed by atoms with E-state index in [-0.39, 0.29) is 28.4 Å². The summed E-state index contributed by atoms with van der Waals surface area (Å²) in [7, 11) is 0. The summed E-state index contributed by atoms with van der Waals surface area (Å²) in [5, 5.41) is 4.86. The minimum atomic E-state index is -0.575. The van der Waals surface area contributed by atoms with Gasteiger partial charge in [-0.3, -0.25) is 14.9 Å². The molecule has 0 unspecified atom stereocenters. The van der Waals surface area contributed by atoms with E-state index in [1.54, 1.807) is 0 Å². The summed E-state index contributed by atoms with van der Waals surface area (Å²) in [6, 6.07) is -0.325. The third-order valence-electron chi connectivity index (χ3n) is 6.16. The molecule has 5 aliphatic carbocycles. The van der Waals surface area contributed by atoms with E-state index < -0.39 is 11.9 Å². The molecule has 0 heterocycles. The predicted octanol–water partition coefficient (Wildman–Crippen LogP) is 2.64. The van der Waals surface area contributed by atoms with Crippen LogP contribution in [0.15, 0.2) is 0 Å². The van der Waals surface area contributed by atoms with Crippen LogP contribution in [0.5, 0.6) is 0 Å². The molecule has 6 nitrogen and oxygen atoms in total. The highest BCUT2D eigenvalue weighted by molar-refractivity contribution is 9.10. The first-order valence-electron chi connectivity index (χ1n) is 9.28. The van der Waals surface area contributed by atoms with Crippen molar-refractivity contribution in [2.24, 2.45) is 17.3 Å². The van der Waals surface area contributed by atoms with Gasteiger partial charge in [-0.05, 0) is 68.6 Å². The Kier molecular flexibility index (Phi) is 4.33. The fourth-order valence-corrected chi connectivity index (χ4v) is 7.17. The monoisotopic (exact) mass is 412 g/mol. The number of urea groups is 1. The number of halogens is 1. The van der Waals surface area contributed by atoms with E-state index in [4.69, 9.17) is 4.74 Å². The molecule has 0 spiro atoms. The molecular weight excluding hydrogens is 388 g/mol. The topological polar surface area (TPSA) is 84.5 Å². The summed E-state index contributed by atoms with van der Waals surface area (Å²) < 4.78 is 5.35. The molecule has 0 aromatic heterocycles. The number of amides is 3. The van der Waals surface area contributed by atoms with E-state index in [0.717, 1.165) is 32.1 Å². The number of imide groups is 1. The third-order valence-corrected chi connectivity index (χ3v) is 7.09. The highest BCUT2D eigenvalue weighted by Crippen LogP contribution is 2.65. The van der Waals surface area contributed by atoms with Gasteiger partial charge in [-0.25, -0.2) is 4.79 Å². The number of carbonyl (C=O) groups excluding carboxylic acids is 3. The molecular formula is C18H25BrN2O4. The minimum absolute atomic E-state index is 0.0322. The van der Waals surface area contributed by atoms with Crippen LogP contribution in [-0.4, -0.2) is 34.9 Å². The van der Waals surface area contributed by atoms with Gasteiger partial charge in [-0.2, -0.15) is 0 Å². The van der Waals surface area contributed by atoms with Gasteiger partial charge in [0.2, 0.25) is 0 Å². The highest BCUT2D eigenvalue weighted by Gasteiger charge is 2.57. The van der Waals surface area contributed by atoms with Crippen molar-refractivity contribution in [1.29, 1.82) is 0 Å². The lowest BCUT2D eigenvalue weighted by Gasteiger charge is -2.60. The van der Waals surface area contributed by atoms with Gasteiger partial charge < -0.3 is 10.1 Å². The van der Waals surface area contributed by atoms with Crippen LogP contribution in [0.1, 0.15) is 57.8 Å². The first kappa shape index (κ1) is 17.3. The molecule has 0 aromatic carbocycles. The average Bonchev–Trinajstić information content (AvgIpc) is 3.25. The highest BCUT2D eigenvalue weighted by atomic mass is 79.9. The van der Waals surface area contributed by atoms with E-state index in [1.807, 2.05) is 0 Å². The van der Waals surface area contributed by atoms with Crippen molar-refractivity contribution in [2.45, 2.75) is 68.2 Å². The van der Waals surface area contributed by atoms with Crippen molar-refractivity contribution in [3.8, 4) is 0 Å². The molecule has 2 atom stereocenters. The number of ether oxygens (including phenoxy) is 1. The van der Waals surface area contributed by atoms with E-state index in [9.17, 15) is 14.4 Å². The maximum absolute atomic E-state index is 12.3. The Morgan fingerprint density at radius 3 is 2.36 bits per heavy atom. The van der Waals surface area contributed by atoms with Gasteiger partial charge in [0.05, 0.1) is 6.42 Å². The second-order valence-electron chi connectivity index (χ2n) is 8.75. The molecule has 5 saturated carbocycles. The van der Waals surface area contributed by atoms with Gasteiger partial charge >= 0.3 is 12.0 Å². The zero-order valence-electron chi connectivity index (χ0n) is 14.3. The fourth-order valence-electron chi connectivity index (χ4n) is 5.66. The van der Waals surface area contributed by atoms with E-state index in [2.05, 4.69) is 26.6 Å². The van der Waals surface area contributed by atoms with Gasteiger partial charge in [-0.15, -0.1) is 0 Å². The standard InChI is InChI=1S/C18H25BrN2O4/c19-18-6-11-3-12(7-18)5-17(4-11,10-18)8-15(23)25-9-14(22)21-16(24)20-13-1-2-13/h11-13H,1-10H2,(H2,20,21,22,24)/t11-,12-,17?,18?/m0/s1. The molecule has 3 amide bonds. The number of alkyl halides is 1. The van der Waals surface area contributed by atoms with Crippen molar-refractivity contribution in [3.05, 3.63) is 0 Å². The van der Waals surface area contributed by atoms with Gasteiger partial charge in [0, 0.05) is 10.4 Å². The number of carbonyl (C=O) groups is 3. The molecule has 5 aliphatic rings. The number of esters is 1. The Bertz CT molecular complexity index is 590. The first-order valence-corrected chi connectivity index (χ1v) is 10.1. The minimum Gasteiger partial charge on any atom is -0.456 e. The Morgan fingerprint density at radius 1 is 1.08 bits per heavy atom. The molecule has 7 heteroatoms. The van der Waals surface area contributed by atoms with Gasteiger partial charge in [-0.1, -0.05) is 15.9 Å². The fraction of sp³-hybridized carbons (Fsp3) is 0.833. The number of rotatable bonds is 5. The summed E-state index contributed by atoms with van der Waals surface area (Å²) in [6.07, 6.45) is 9.25. The maximum atomic E-state index is 12.3. The summed E-state index contributed by atoms with van der Waals surface area (Å²) in [5.74, 6) is 0.524. The molecule has 0 aliphatic heterocycles. The SMILES string of the molecule is O=C(COC(=O)CC12C[C@@H]3C[C@H](CC(Br)(C3)C1)C2)NC(=O)NC1CC1. The molecule has 0 radical (unpaired) electrons. The summed E-state index contributed by atoms with van der Waals surface area (Å²) >= 11 is 3.94. The van der Waals surface area contributed by atoms with Crippen LogP contribution in [0.3, 0.4) is 0 Å². The van der Waals surface area contributed by atoms with E-state index in [1.165, 1.54) is 19.3 Å². The van der Waals surface area contributed by atoms with Crippen molar-refractivity contribution in [2.75, 3.05) is 6.61 Å². The van der Waals surface area contributed by atoms with Crippen molar-refractivity contribution in [1.82, 2.24) is 10.6 Å². The van der Waals surface area contributed by atoms with Crippen molar-refractivity contribution < 1.29 is 19.1 Å². The van der Waals surface area contributed by atoms with Crippen LogP contribution >= 0.6 is 15.9 Å². The predicted molar refractivity (Wildman–Crippen MR) is 94.0 cm³/mol. The Hall–Kier alpha value is -1.11. The van der Waals surface area contributed by atoms with E-state index >= 15 is 0 Å². The molecule has 5 rings (SSSR count). The van der Waals surface area contributed by atoms with Crippen LogP contribution in [0.2, 0.25) is 0 Å². The largest absolute Gasteiger partial charge is 0.456 e. The van der Waals surface area contributed by atoms with Crippen LogP contribution in [0.4, 0.5) is 4.79 Å². The van der Waals surface area contributed by atoms with Crippen LogP contribution in [-0.2, 0) is 14.3 Å². The molecule has 0 saturated heterocycles. The zero-order valence-corrected chi connectivity index (χ0v) is 15.9. The smallest absolute Gasteiger partial charge is 0.321 e. The second kappa shape index (κ2) is 6.25. The Balaban J connectivity index is 1.25. The normalized spacial score (nSPS) is 38.3. The zero-order chi connectivity index (χ0) is 17.7. The van der Waals surface area contributed by atoms with E-state index in [0.29, 0.717) is 18.3 Å². The van der Waals surface area contributed by atoms with Crippen molar-refractivity contribution in [3.63, 3.8) is 0 Å². The number of hydrogen-bond acceptors (Lipinski definition) is 4. The molecule has 138 valence electrons. The van der Waals surface area contributed by atoms with Crippen LogP contribution < -0.4 is 10.6 Å². The number of hydrogen-bond donors (Lipinski definition) is 2. The summed E-state index contributed by atoms with van der Waals surface area (Å²) in [6.45, 7) is -0.390. The molecule has 25 heavy (non-hydrogen) atoms. The van der Waals surface area contributed by atoms with Gasteiger partial charge in [0.15, 0.2) is 6.61 Å². The molecule has 4 bridgehead atoms. The summed E-state index contributed by atoms with van der Waals surface area (Å²) in [4.78, 5) is 35.5. The van der Waals surface area contributed by atoms with Gasteiger partial charge in [0.25, 0.3) is 5.91 Å². The molecule has 0 aromatic rings. The van der Waals surface area contributed by atoms with Gasteiger partial charge in [0.1, 0.15) is 0 Å². The quantitative estimate of drug-likeness (QED) is 0.536. The Morgan fingerprint density at radius 2 is 1.76 bits per heavy atom. The first-order chi connectivity index (χ1) is 11.8. The lowest BCUT2D eigenvalue weighted by Crippen LogP contribution is -2.53. The third kappa shape index (κ3) is 4.01.